The first kappa shape index (κ1) is 27.1. The van der Waals surface area contributed by atoms with Crippen LogP contribution >= 0.6 is 0 Å². The van der Waals surface area contributed by atoms with Crippen molar-refractivity contribution >= 4 is 34.2 Å². The monoisotopic (exact) mass is 556 g/mol. The van der Waals surface area contributed by atoms with Gasteiger partial charge in [0, 0.05) is 29.0 Å². The van der Waals surface area contributed by atoms with Crippen LogP contribution in [-0.2, 0) is 9.59 Å². The van der Waals surface area contributed by atoms with Gasteiger partial charge in [0.2, 0.25) is 11.8 Å². The van der Waals surface area contributed by atoms with Crippen molar-refractivity contribution in [1.82, 2.24) is 10.2 Å². The third-order valence-corrected chi connectivity index (χ3v) is 11.3. The molecule has 2 aromatic rings. The highest BCUT2D eigenvalue weighted by Gasteiger charge is 2.54. The number of amides is 3. The number of nitrogens with one attached hydrogen (secondary N) is 1. The fourth-order valence-corrected chi connectivity index (χ4v) is 9.78. The second kappa shape index (κ2) is 10.5. The zero-order valence-electron chi connectivity index (χ0n) is 24.4. The number of nitrogens with zero attached hydrogens (tertiary/aromatic N) is 2. The average Bonchev–Trinajstić information content (AvgIpc) is 3.23. The molecule has 4 aliphatic carbocycles. The highest BCUT2D eigenvalue weighted by atomic mass is 16.2. The molecule has 4 saturated carbocycles. The van der Waals surface area contributed by atoms with E-state index in [2.05, 4.69) is 35.5 Å². The number of unbranched alkanes of at least 4 members (excludes halogenated alkanes) is 3. The van der Waals surface area contributed by atoms with Crippen LogP contribution in [0.5, 0.6) is 0 Å². The van der Waals surface area contributed by atoms with Gasteiger partial charge < -0.3 is 5.73 Å². The summed E-state index contributed by atoms with van der Waals surface area (Å²) >= 11 is 0. The number of hydrogen-bond acceptors (Lipinski definition) is 5. The van der Waals surface area contributed by atoms with E-state index in [1.807, 2.05) is 12.1 Å². The predicted octanol–water partition coefficient (Wildman–Crippen LogP) is 5.46. The highest BCUT2D eigenvalue weighted by Crippen LogP contribution is 2.59. The van der Waals surface area contributed by atoms with Crippen molar-refractivity contribution in [1.29, 1.82) is 0 Å². The van der Waals surface area contributed by atoms with Crippen LogP contribution in [0.2, 0.25) is 0 Å². The van der Waals surface area contributed by atoms with Crippen LogP contribution in [-0.4, -0.2) is 47.8 Å². The van der Waals surface area contributed by atoms with E-state index >= 15 is 0 Å². The van der Waals surface area contributed by atoms with Gasteiger partial charge in [-0.2, -0.15) is 0 Å². The Hall–Kier alpha value is -2.77. The van der Waals surface area contributed by atoms with Crippen LogP contribution in [0.3, 0.4) is 0 Å². The van der Waals surface area contributed by atoms with E-state index in [0.29, 0.717) is 12.0 Å². The molecule has 1 saturated heterocycles. The second-order valence-corrected chi connectivity index (χ2v) is 13.8. The summed E-state index contributed by atoms with van der Waals surface area (Å²) in [6, 6.07) is 10.00. The Kier molecular flexibility index (Phi) is 6.94. The molecule has 6 aliphatic rings. The molecule has 5 fully saturated rings. The van der Waals surface area contributed by atoms with Crippen LogP contribution in [0, 0.1) is 17.8 Å². The van der Waals surface area contributed by atoms with E-state index in [9.17, 15) is 14.4 Å². The molecule has 2 aromatic carbocycles. The largest absolute Gasteiger partial charge is 0.330 e. The number of piperidine rings is 1. The molecule has 3 amide bonds. The summed E-state index contributed by atoms with van der Waals surface area (Å²) < 4.78 is 0. The third kappa shape index (κ3) is 4.51. The first-order valence-electron chi connectivity index (χ1n) is 16.0. The average molecular weight is 557 g/mol. The SMILES string of the molecule is CN(C(CCCCCCN)c1ccc2c3c(cccc13)C(=O)N2C1CCC(=O)NC1=O)C12CC3CC(CC(C3)C1)C2. The lowest BCUT2D eigenvalue weighted by atomic mass is 9.52. The number of benzene rings is 2. The molecule has 0 radical (unpaired) electrons. The third-order valence-electron chi connectivity index (χ3n) is 11.3. The highest BCUT2D eigenvalue weighted by molar-refractivity contribution is 6.27. The normalized spacial score (nSPS) is 31.0. The molecule has 8 rings (SSSR count). The summed E-state index contributed by atoms with van der Waals surface area (Å²) in [5.41, 5.74) is 8.84. The summed E-state index contributed by atoms with van der Waals surface area (Å²) in [4.78, 5) is 42.8. The number of hydrogen-bond donors (Lipinski definition) is 2. The Bertz CT molecular complexity index is 1350. The number of carbonyl (C=O) groups excluding carboxylic acids is 3. The van der Waals surface area contributed by atoms with E-state index in [1.165, 1.54) is 56.9 Å². The molecule has 7 nitrogen and oxygen atoms in total. The molecule has 2 unspecified atom stereocenters. The zero-order chi connectivity index (χ0) is 28.3. The number of carbonyl (C=O) groups is 3. The molecule has 3 N–H and O–H groups in total. The molecule has 2 heterocycles. The van der Waals surface area contributed by atoms with Crippen molar-refractivity contribution < 1.29 is 14.4 Å². The number of anilines is 1. The molecule has 0 spiro atoms. The maximum atomic E-state index is 13.8. The minimum atomic E-state index is -0.658. The Labute approximate surface area is 243 Å². The number of imide groups is 1. The van der Waals surface area contributed by atoms with Crippen molar-refractivity contribution in [2.75, 3.05) is 18.5 Å². The van der Waals surface area contributed by atoms with Crippen LogP contribution in [0.15, 0.2) is 30.3 Å². The molecular formula is C34H44N4O3. The Morgan fingerprint density at radius 3 is 2.37 bits per heavy atom. The minimum Gasteiger partial charge on any atom is -0.330 e. The van der Waals surface area contributed by atoms with E-state index < -0.39 is 6.04 Å². The second-order valence-electron chi connectivity index (χ2n) is 13.8. The summed E-state index contributed by atoms with van der Waals surface area (Å²) in [5, 5.41) is 4.54. The fraction of sp³-hybridized carbons (Fsp3) is 0.618. The first-order valence-corrected chi connectivity index (χ1v) is 16.0. The Morgan fingerprint density at radius 2 is 1.68 bits per heavy atom. The molecule has 0 aromatic heterocycles. The molecule has 218 valence electrons. The first-order chi connectivity index (χ1) is 19.9. The Morgan fingerprint density at radius 1 is 0.976 bits per heavy atom. The van der Waals surface area contributed by atoms with Gasteiger partial charge >= 0.3 is 0 Å². The van der Waals surface area contributed by atoms with Gasteiger partial charge in [-0.05, 0) is 112 Å². The summed E-state index contributed by atoms with van der Waals surface area (Å²) in [7, 11) is 2.39. The topological polar surface area (TPSA) is 95.7 Å². The molecule has 41 heavy (non-hydrogen) atoms. The van der Waals surface area contributed by atoms with E-state index in [1.54, 1.807) is 4.90 Å². The van der Waals surface area contributed by atoms with Gasteiger partial charge in [-0.1, -0.05) is 37.5 Å². The van der Waals surface area contributed by atoms with Crippen LogP contribution in [0.4, 0.5) is 5.69 Å². The van der Waals surface area contributed by atoms with Crippen LogP contribution in [0.1, 0.15) is 105 Å². The van der Waals surface area contributed by atoms with Gasteiger partial charge in [-0.25, -0.2) is 0 Å². The molecule has 7 heteroatoms. The van der Waals surface area contributed by atoms with Crippen LogP contribution in [0.25, 0.3) is 10.8 Å². The van der Waals surface area contributed by atoms with Gasteiger partial charge in [0.1, 0.15) is 6.04 Å². The molecular weight excluding hydrogens is 512 g/mol. The predicted molar refractivity (Wildman–Crippen MR) is 160 cm³/mol. The maximum Gasteiger partial charge on any atom is 0.259 e. The van der Waals surface area contributed by atoms with E-state index in [0.717, 1.165) is 60.0 Å². The quantitative estimate of drug-likeness (QED) is 0.300. The Balaban J connectivity index is 1.27. The lowest BCUT2D eigenvalue weighted by Crippen LogP contribution is -2.59. The van der Waals surface area contributed by atoms with Gasteiger partial charge in [0.15, 0.2) is 0 Å². The van der Waals surface area contributed by atoms with Crippen molar-refractivity contribution in [3.8, 4) is 0 Å². The van der Waals surface area contributed by atoms with Crippen molar-refractivity contribution in [3.05, 3.63) is 41.5 Å². The fourth-order valence-electron chi connectivity index (χ4n) is 9.78. The summed E-state index contributed by atoms with van der Waals surface area (Å²) in [5.74, 6) is 1.85. The zero-order valence-corrected chi connectivity index (χ0v) is 24.4. The van der Waals surface area contributed by atoms with E-state index in [4.69, 9.17) is 5.73 Å². The molecule has 2 aliphatic heterocycles. The van der Waals surface area contributed by atoms with Gasteiger partial charge in [0.05, 0.1) is 5.69 Å². The summed E-state index contributed by atoms with van der Waals surface area (Å²) in [6.45, 7) is 0.753. The van der Waals surface area contributed by atoms with Crippen LogP contribution < -0.4 is 16.0 Å². The smallest absolute Gasteiger partial charge is 0.259 e. The van der Waals surface area contributed by atoms with Gasteiger partial charge in [0.25, 0.3) is 5.91 Å². The minimum absolute atomic E-state index is 0.134. The lowest BCUT2D eigenvalue weighted by Gasteiger charge is -2.61. The van der Waals surface area contributed by atoms with Gasteiger partial charge in [-0.3, -0.25) is 29.5 Å². The van der Waals surface area contributed by atoms with Gasteiger partial charge in [-0.15, -0.1) is 0 Å². The summed E-state index contributed by atoms with van der Waals surface area (Å²) in [6.07, 6.45) is 14.5. The number of nitrogens with two attached hydrogens (primary N) is 1. The van der Waals surface area contributed by atoms with E-state index in [-0.39, 0.29) is 35.7 Å². The standard InChI is InChI=1S/C34H44N4O3/c1-37(34-18-21-15-22(19-34)17-23(16-21)20-34)27(9-4-2-3-5-14-35)24-10-11-28-31-25(24)7-6-8-26(31)33(41)38(28)29-12-13-30(39)36-32(29)40/h6-8,10-11,21-23,27,29H,2-5,9,12-20,35H2,1H3,(H,36,39,40). The number of rotatable bonds is 10. The van der Waals surface area contributed by atoms with Crippen molar-refractivity contribution in [2.45, 2.75) is 101 Å². The molecule has 2 atom stereocenters. The van der Waals surface area contributed by atoms with Crippen molar-refractivity contribution in [2.24, 2.45) is 23.5 Å². The van der Waals surface area contributed by atoms with Crippen molar-refractivity contribution in [3.63, 3.8) is 0 Å². The molecule has 4 bridgehead atoms. The maximum absolute atomic E-state index is 13.8. The lowest BCUT2D eigenvalue weighted by molar-refractivity contribution is -0.134.